The number of nitrogens with one attached hydrogen (secondary N) is 1. The highest BCUT2D eigenvalue weighted by atomic mass is 16.5. The van der Waals surface area contributed by atoms with Gasteiger partial charge in [-0.1, -0.05) is 0 Å². The molecule has 0 aliphatic rings. The molecule has 0 spiro atoms. The number of ether oxygens (including phenoxy) is 2. The van der Waals surface area contributed by atoms with Crippen LogP contribution in [-0.4, -0.2) is 51.1 Å². The lowest BCUT2D eigenvalue weighted by atomic mass is 10.2. The maximum Gasteiger partial charge on any atom is 0.305 e. The summed E-state index contributed by atoms with van der Waals surface area (Å²) in [6.07, 6.45) is 1.12. The monoisotopic (exact) mass is 219 g/mol. The molecular formula is C10H21NO4. The van der Waals surface area contributed by atoms with Gasteiger partial charge < -0.3 is 19.9 Å². The Labute approximate surface area is 90.8 Å². The number of rotatable bonds is 9. The highest BCUT2D eigenvalue weighted by molar-refractivity contribution is 5.69. The van der Waals surface area contributed by atoms with E-state index in [0.717, 1.165) is 13.0 Å². The van der Waals surface area contributed by atoms with Gasteiger partial charge in [0.25, 0.3) is 0 Å². The Morgan fingerprint density at radius 2 is 2.20 bits per heavy atom. The van der Waals surface area contributed by atoms with E-state index in [4.69, 9.17) is 4.74 Å². The Kier molecular flexibility index (Phi) is 9.46. The van der Waals surface area contributed by atoms with E-state index in [1.165, 1.54) is 7.11 Å². The number of esters is 1. The van der Waals surface area contributed by atoms with Gasteiger partial charge in [0.05, 0.1) is 13.2 Å². The van der Waals surface area contributed by atoms with Crippen molar-refractivity contribution >= 4 is 5.97 Å². The summed E-state index contributed by atoms with van der Waals surface area (Å²) in [5.41, 5.74) is 0. The van der Waals surface area contributed by atoms with Crippen LogP contribution >= 0.6 is 0 Å². The summed E-state index contributed by atoms with van der Waals surface area (Å²) in [5.74, 6) is -0.284. The molecular weight excluding hydrogens is 198 g/mol. The molecule has 0 aliphatic carbocycles. The first-order valence-electron chi connectivity index (χ1n) is 5.15. The Balaban J connectivity index is 3.25. The van der Waals surface area contributed by atoms with Crippen LogP contribution in [0.2, 0.25) is 0 Å². The summed E-state index contributed by atoms with van der Waals surface area (Å²) in [6.45, 7) is 2.02. The van der Waals surface area contributed by atoms with E-state index >= 15 is 0 Å². The van der Waals surface area contributed by atoms with E-state index in [9.17, 15) is 9.90 Å². The van der Waals surface area contributed by atoms with Gasteiger partial charge in [0, 0.05) is 26.7 Å². The molecule has 0 bridgehead atoms. The molecule has 5 heteroatoms. The third-order valence-corrected chi connectivity index (χ3v) is 1.99. The number of carbonyl (C=O) groups excluding carboxylic acids is 1. The number of aliphatic hydroxyl groups is 1. The summed E-state index contributed by atoms with van der Waals surface area (Å²) in [6, 6.07) is 0. The number of hydrogen-bond donors (Lipinski definition) is 2. The molecule has 1 atom stereocenters. The Morgan fingerprint density at radius 3 is 2.80 bits per heavy atom. The maximum atomic E-state index is 10.8. The van der Waals surface area contributed by atoms with Crippen LogP contribution in [0.3, 0.4) is 0 Å². The van der Waals surface area contributed by atoms with Crippen molar-refractivity contribution in [2.45, 2.75) is 25.4 Å². The first-order valence-corrected chi connectivity index (χ1v) is 5.15. The smallest absolute Gasteiger partial charge is 0.305 e. The van der Waals surface area contributed by atoms with Crippen LogP contribution in [0.15, 0.2) is 0 Å². The zero-order valence-electron chi connectivity index (χ0n) is 9.49. The van der Waals surface area contributed by atoms with Gasteiger partial charge in [-0.15, -0.1) is 0 Å². The summed E-state index contributed by atoms with van der Waals surface area (Å²) >= 11 is 0. The van der Waals surface area contributed by atoms with Crippen molar-refractivity contribution in [2.24, 2.45) is 0 Å². The minimum absolute atomic E-state index is 0.261. The topological polar surface area (TPSA) is 67.8 Å². The zero-order valence-corrected chi connectivity index (χ0v) is 9.49. The molecule has 0 aromatic rings. The first-order chi connectivity index (χ1) is 7.20. The van der Waals surface area contributed by atoms with E-state index in [0.29, 0.717) is 19.6 Å². The van der Waals surface area contributed by atoms with Crippen LogP contribution in [0.25, 0.3) is 0 Å². The largest absolute Gasteiger partial charge is 0.469 e. The van der Waals surface area contributed by atoms with Crippen molar-refractivity contribution in [3.05, 3.63) is 0 Å². The molecule has 2 N–H and O–H groups in total. The van der Waals surface area contributed by atoms with Crippen molar-refractivity contribution in [1.82, 2.24) is 5.32 Å². The molecule has 0 saturated carbocycles. The number of aliphatic hydroxyl groups excluding tert-OH is 1. The molecule has 0 rings (SSSR count). The van der Waals surface area contributed by atoms with Crippen molar-refractivity contribution in [3.63, 3.8) is 0 Å². The van der Waals surface area contributed by atoms with E-state index in [-0.39, 0.29) is 12.4 Å². The molecule has 0 radical (unpaired) electrons. The number of hydrogen-bond acceptors (Lipinski definition) is 5. The zero-order chi connectivity index (χ0) is 11.5. The normalized spacial score (nSPS) is 12.5. The van der Waals surface area contributed by atoms with E-state index in [1.807, 2.05) is 0 Å². The molecule has 5 nitrogen and oxygen atoms in total. The average Bonchev–Trinajstić information content (AvgIpc) is 2.25. The Hall–Kier alpha value is -0.650. The molecule has 0 aliphatic heterocycles. The van der Waals surface area contributed by atoms with Gasteiger partial charge in [0.2, 0.25) is 0 Å². The van der Waals surface area contributed by atoms with Gasteiger partial charge in [-0.25, -0.2) is 0 Å². The predicted molar refractivity (Wildman–Crippen MR) is 56.6 cm³/mol. The van der Waals surface area contributed by atoms with Gasteiger partial charge in [-0.3, -0.25) is 4.79 Å². The average molecular weight is 219 g/mol. The molecule has 15 heavy (non-hydrogen) atoms. The third-order valence-electron chi connectivity index (χ3n) is 1.99. The third kappa shape index (κ3) is 9.65. The van der Waals surface area contributed by atoms with E-state index < -0.39 is 6.10 Å². The fourth-order valence-electron chi connectivity index (χ4n) is 1.10. The minimum Gasteiger partial charge on any atom is -0.469 e. The standard InChI is InChI=1S/C10H21NO4/c1-14-7-3-6-11-8-9(12)4-5-10(13)15-2/h9,11-12H,3-8H2,1-2H3. The molecule has 1 unspecified atom stereocenters. The van der Waals surface area contributed by atoms with Crippen molar-refractivity contribution < 1.29 is 19.4 Å². The Bertz CT molecular complexity index is 164. The van der Waals surface area contributed by atoms with Crippen molar-refractivity contribution in [2.75, 3.05) is 33.9 Å². The lowest BCUT2D eigenvalue weighted by Gasteiger charge is -2.10. The summed E-state index contributed by atoms with van der Waals surface area (Å²) in [5, 5.41) is 12.5. The van der Waals surface area contributed by atoms with Crippen LogP contribution in [-0.2, 0) is 14.3 Å². The summed E-state index contributed by atoms with van der Waals surface area (Å²) in [4.78, 5) is 10.8. The van der Waals surface area contributed by atoms with Crippen LogP contribution in [0.4, 0.5) is 0 Å². The van der Waals surface area contributed by atoms with Gasteiger partial charge in [-0.2, -0.15) is 0 Å². The summed E-state index contributed by atoms with van der Waals surface area (Å²) < 4.78 is 9.35. The highest BCUT2D eigenvalue weighted by Crippen LogP contribution is 1.97. The molecule has 0 saturated heterocycles. The maximum absolute atomic E-state index is 10.8. The Morgan fingerprint density at radius 1 is 1.47 bits per heavy atom. The van der Waals surface area contributed by atoms with E-state index in [1.54, 1.807) is 7.11 Å². The minimum atomic E-state index is -0.494. The van der Waals surface area contributed by atoms with Gasteiger partial charge in [0.15, 0.2) is 0 Å². The van der Waals surface area contributed by atoms with Crippen LogP contribution in [0.1, 0.15) is 19.3 Å². The highest BCUT2D eigenvalue weighted by Gasteiger charge is 2.07. The molecule has 0 heterocycles. The molecule has 0 amide bonds. The van der Waals surface area contributed by atoms with Crippen molar-refractivity contribution in [3.8, 4) is 0 Å². The molecule has 0 aromatic heterocycles. The van der Waals surface area contributed by atoms with Crippen LogP contribution < -0.4 is 5.32 Å². The van der Waals surface area contributed by atoms with Crippen LogP contribution in [0, 0.1) is 0 Å². The second kappa shape index (κ2) is 9.89. The summed E-state index contributed by atoms with van der Waals surface area (Å²) in [7, 11) is 3.00. The van der Waals surface area contributed by atoms with Crippen LogP contribution in [0.5, 0.6) is 0 Å². The second-order valence-electron chi connectivity index (χ2n) is 3.32. The molecule has 0 aromatic carbocycles. The fourth-order valence-corrected chi connectivity index (χ4v) is 1.10. The second-order valence-corrected chi connectivity index (χ2v) is 3.32. The van der Waals surface area contributed by atoms with Gasteiger partial charge >= 0.3 is 5.97 Å². The lowest BCUT2D eigenvalue weighted by Crippen LogP contribution is -2.28. The van der Waals surface area contributed by atoms with Gasteiger partial charge in [-0.05, 0) is 19.4 Å². The molecule has 0 fully saturated rings. The molecule has 90 valence electrons. The SMILES string of the molecule is COCCCNCC(O)CCC(=O)OC. The van der Waals surface area contributed by atoms with E-state index in [2.05, 4.69) is 10.1 Å². The van der Waals surface area contributed by atoms with Gasteiger partial charge in [0.1, 0.15) is 0 Å². The lowest BCUT2D eigenvalue weighted by molar-refractivity contribution is -0.141. The fraction of sp³-hybridized carbons (Fsp3) is 0.900. The number of methoxy groups -OCH3 is 2. The predicted octanol–water partition coefficient (Wildman–Crippen LogP) is -0.0734. The van der Waals surface area contributed by atoms with Crippen molar-refractivity contribution in [1.29, 1.82) is 0 Å². The first kappa shape index (κ1) is 14.3. The number of carbonyl (C=O) groups is 1. The quantitative estimate of drug-likeness (QED) is 0.419.